The number of sulfone groups is 1. The van der Waals surface area contributed by atoms with Crippen LogP contribution in [-0.4, -0.2) is 24.7 Å². The molecule has 4 heteroatoms. The van der Waals surface area contributed by atoms with E-state index in [0.29, 0.717) is 6.42 Å². The van der Waals surface area contributed by atoms with Crippen LogP contribution in [0.3, 0.4) is 0 Å². The summed E-state index contributed by atoms with van der Waals surface area (Å²) in [4.78, 5) is 11.4. The summed E-state index contributed by atoms with van der Waals surface area (Å²) in [5.41, 5.74) is 0. The van der Waals surface area contributed by atoms with E-state index in [2.05, 4.69) is 0 Å². The maximum atomic E-state index is 11.9. The van der Waals surface area contributed by atoms with Crippen molar-refractivity contribution >= 4 is 15.6 Å². The third-order valence-corrected chi connectivity index (χ3v) is 5.60. The Labute approximate surface area is 99.5 Å². The van der Waals surface area contributed by atoms with Gasteiger partial charge in [0, 0.05) is 5.92 Å². The van der Waals surface area contributed by atoms with E-state index >= 15 is 0 Å². The summed E-state index contributed by atoms with van der Waals surface area (Å²) in [5.74, 6) is 0.239. The Balaban J connectivity index is 4.62. The van der Waals surface area contributed by atoms with Crippen molar-refractivity contribution in [2.24, 2.45) is 11.8 Å². The Morgan fingerprint density at radius 3 is 1.88 bits per heavy atom. The SMILES string of the molecule is CC(=O)C(CCS(=O)(=O)C(C)(C)C)C(C)C. The summed E-state index contributed by atoms with van der Waals surface area (Å²) >= 11 is 0. The molecular formula is C12H24O3S. The van der Waals surface area contributed by atoms with Crippen molar-refractivity contribution in [1.29, 1.82) is 0 Å². The molecule has 0 amide bonds. The zero-order valence-electron chi connectivity index (χ0n) is 11.2. The third-order valence-electron chi connectivity index (χ3n) is 2.96. The van der Waals surface area contributed by atoms with E-state index < -0.39 is 14.6 Å². The summed E-state index contributed by atoms with van der Waals surface area (Å²) in [7, 11) is -3.11. The van der Waals surface area contributed by atoms with Gasteiger partial charge < -0.3 is 0 Å². The first-order chi connectivity index (χ1) is 6.99. The van der Waals surface area contributed by atoms with E-state index in [9.17, 15) is 13.2 Å². The molecule has 0 aromatic heterocycles. The second-order valence-corrected chi connectivity index (χ2v) is 8.54. The topological polar surface area (TPSA) is 51.2 Å². The largest absolute Gasteiger partial charge is 0.300 e. The number of hydrogen-bond acceptors (Lipinski definition) is 3. The highest BCUT2D eigenvalue weighted by molar-refractivity contribution is 7.92. The molecule has 0 spiro atoms. The molecule has 0 aromatic carbocycles. The summed E-state index contributed by atoms with van der Waals surface area (Å²) in [6.45, 7) is 10.5. The standard InChI is InChI=1S/C12H24O3S/c1-9(2)11(10(3)13)7-8-16(14,15)12(4,5)6/h9,11H,7-8H2,1-6H3. The highest BCUT2D eigenvalue weighted by Crippen LogP contribution is 2.22. The van der Waals surface area contributed by atoms with Crippen LogP contribution < -0.4 is 0 Å². The fourth-order valence-electron chi connectivity index (χ4n) is 1.59. The minimum Gasteiger partial charge on any atom is -0.300 e. The fraction of sp³-hybridized carbons (Fsp3) is 0.917. The van der Waals surface area contributed by atoms with Crippen LogP contribution in [-0.2, 0) is 14.6 Å². The number of carbonyl (C=O) groups is 1. The molecule has 16 heavy (non-hydrogen) atoms. The molecule has 0 aromatic rings. The molecule has 0 rings (SSSR count). The molecule has 0 saturated heterocycles. The predicted molar refractivity (Wildman–Crippen MR) is 67.2 cm³/mol. The van der Waals surface area contributed by atoms with Crippen LogP contribution in [0.5, 0.6) is 0 Å². The minimum absolute atomic E-state index is 0.0825. The van der Waals surface area contributed by atoms with E-state index in [0.717, 1.165) is 0 Å². The van der Waals surface area contributed by atoms with Crippen LogP contribution in [0.2, 0.25) is 0 Å². The molecule has 0 saturated carbocycles. The predicted octanol–water partition coefficient (Wildman–Crippen LogP) is 2.45. The van der Waals surface area contributed by atoms with Crippen molar-refractivity contribution in [3.05, 3.63) is 0 Å². The average molecular weight is 248 g/mol. The van der Waals surface area contributed by atoms with Gasteiger partial charge in [0.2, 0.25) is 0 Å². The summed E-state index contributed by atoms with van der Waals surface area (Å²) in [6, 6.07) is 0. The molecule has 3 nitrogen and oxygen atoms in total. The quantitative estimate of drug-likeness (QED) is 0.751. The van der Waals surface area contributed by atoms with Crippen molar-refractivity contribution < 1.29 is 13.2 Å². The van der Waals surface area contributed by atoms with Gasteiger partial charge in [-0.05, 0) is 40.0 Å². The molecule has 0 aliphatic heterocycles. The average Bonchev–Trinajstić information content (AvgIpc) is 1.99. The first-order valence-corrected chi connectivity index (χ1v) is 7.37. The molecule has 0 heterocycles. The summed E-state index contributed by atoms with van der Waals surface area (Å²) < 4.78 is 23.1. The van der Waals surface area contributed by atoms with Crippen molar-refractivity contribution in [3.8, 4) is 0 Å². The van der Waals surface area contributed by atoms with Crippen LogP contribution in [0.1, 0.15) is 48.0 Å². The van der Waals surface area contributed by atoms with E-state index in [-0.39, 0.29) is 23.4 Å². The lowest BCUT2D eigenvalue weighted by atomic mass is 9.90. The Morgan fingerprint density at radius 2 is 1.62 bits per heavy atom. The number of hydrogen-bond donors (Lipinski definition) is 0. The monoisotopic (exact) mass is 248 g/mol. The zero-order chi connectivity index (χ0) is 13.1. The highest BCUT2D eigenvalue weighted by atomic mass is 32.2. The Hall–Kier alpha value is -0.380. The third kappa shape index (κ3) is 4.24. The van der Waals surface area contributed by atoms with Gasteiger partial charge in [0.1, 0.15) is 5.78 Å². The van der Waals surface area contributed by atoms with Crippen molar-refractivity contribution in [3.63, 3.8) is 0 Å². The van der Waals surface area contributed by atoms with Crippen molar-refractivity contribution in [2.75, 3.05) is 5.75 Å². The Bertz CT molecular complexity index is 334. The molecule has 0 aliphatic rings. The van der Waals surface area contributed by atoms with Gasteiger partial charge >= 0.3 is 0 Å². The van der Waals surface area contributed by atoms with Crippen LogP contribution in [0, 0.1) is 11.8 Å². The van der Waals surface area contributed by atoms with E-state index in [4.69, 9.17) is 0 Å². The lowest BCUT2D eigenvalue weighted by Crippen LogP contribution is -2.32. The van der Waals surface area contributed by atoms with Crippen LogP contribution in [0.25, 0.3) is 0 Å². The van der Waals surface area contributed by atoms with Crippen molar-refractivity contribution in [2.45, 2.75) is 52.7 Å². The number of ketones is 1. The van der Waals surface area contributed by atoms with E-state index in [1.54, 1.807) is 20.8 Å². The normalized spacial score (nSPS) is 15.2. The molecule has 1 unspecified atom stereocenters. The molecule has 0 N–H and O–H groups in total. The second kappa shape index (κ2) is 5.30. The van der Waals surface area contributed by atoms with Gasteiger partial charge in [-0.1, -0.05) is 13.8 Å². The van der Waals surface area contributed by atoms with Crippen molar-refractivity contribution in [1.82, 2.24) is 0 Å². The molecule has 0 aliphatic carbocycles. The van der Waals surface area contributed by atoms with Gasteiger partial charge in [-0.25, -0.2) is 8.42 Å². The van der Waals surface area contributed by atoms with Gasteiger partial charge in [-0.2, -0.15) is 0 Å². The van der Waals surface area contributed by atoms with Gasteiger partial charge in [-0.3, -0.25) is 4.79 Å². The van der Waals surface area contributed by atoms with Crippen LogP contribution >= 0.6 is 0 Å². The van der Waals surface area contributed by atoms with Gasteiger partial charge in [0.05, 0.1) is 10.5 Å². The molecule has 0 bridgehead atoms. The highest BCUT2D eigenvalue weighted by Gasteiger charge is 2.30. The van der Waals surface area contributed by atoms with E-state index in [1.165, 1.54) is 6.92 Å². The molecule has 0 fully saturated rings. The summed E-state index contributed by atoms with van der Waals surface area (Å²) in [6.07, 6.45) is 0.437. The fourth-order valence-corrected chi connectivity index (χ4v) is 2.77. The zero-order valence-corrected chi connectivity index (χ0v) is 12.0. The Kier molecular flexibility index (Phi) is 5.17. The number of rotatable bonds is 5. The van der Waals surface area contributed by atoms with E-state index in [1.807, 2.05) is 13.8 Å². The lowest BCUT2D eigenvalue weighted by Gasteiger charge is -2.22. The second-order valence-electron chi connectivity index (χ2n) is 5.68. The maximum absolute atomic E-state index is 11.9. The van der Waals surface area contributed by atoms with Gasteiger partial charge in [0.25, 0.3) is 0 Å². The molecule has 1 atom stereocenters. The van der Waals surface area contributed by atoms with Gasteiger partial charge in [-0.15, -0.1) is 0 Å². The maximum Gasteiger partial charge on any atom is 0.155 e. The van der Waals surface area contributed by atoms with Crippen LogP contribution in [0.15, 0.2) is 0 Å². The first-order valence-electron chi connectivity index (χ1n) is 5.72. The Morgan fingerprint density at radius 1 is 1.19 bits per heavy atom. The minimum atomic E-state index is -3.11. The molecule has 96 valence electrons. The lowest BCUT2D eigenvalue weighted by molar-refractivity contribution is -0.122. The first kappa shape index (κ1) is 15.6. The van der Waals surface area contributed by atoms with Gasteiger partial charge in [0.15, 0.2) is 9.84 Å². The smallest absolute Gasteiger partial charge is 0.155 e. The number of Topliss-reactive ketones (excluding diaryl/α,β-unsaturated/α-hetero) is 1. The van der Waals surface area contributed by atoms with Crippen LogP contribution in [0.4, 0.5) is 0 Å². The summed E-state index contributed by atoms with van der Waals surface area (Å²) in [5, 5.41) is 0. The molecule has 0 radical (unpaired) electrons. The molecular weight excluding hydrogens is 224 g/mol. The number of carbonyl (C=O) groups excluding carboxylic acids is 1.